The highest BCUT2D eigenvalue weighted by molar-refractivity contribution is 5.76. The van der Waals surface area contributed by atoms with Crippen LogP contribution in [0.25, 0.3) is 0 Å². The standard InChI is InChI=1S/C40H78N2O5.H2/c1-6-10-14-18-20-24-28-36(26-22-16-12-8-3)39(44)46-34-32-42(38(43)30-31-41-5)33-35-47-40(45)37(27-23-17-13-9-4)29-25-21-19-15-11-7-2;/h36-37,41H,6-35H2,1-5H3;1H. The minimum absolute atomic E-state index is 0. The monoisotopic (exact) mass is 669 g/mol. The van der Waals surface area contributed by atoms with Gasteiger partial charge in [-0.3, -0.25) is 14.4 Å². The second-order valence-electron chi connectivity index (χ2n) is 13.8. The van der Waals surface area contributed by atoms with Gasteiger partial charge in [0.05, 0.1) is 24.9 Å². The van der Waals surface area contributed by atoms with E-state index in [1.54, 1.807) is 4.90 Å². The van der Waals surface area contributed by atoms with Gasteiger partial charge in [0, 0.05) is 14.4 Å². The molecule has 7 heteroatoms. The van der Waals surface area contributed by atoms with Gasteiger partial charge in [0.2, 0.25) is 5.91 Å². The molecule has 1 amide bonds. The lowest BCUT2D eigenvalue weighted by Gasteiger charge is -2.24. The first-order valence-electron chi connectivity index (χ1n) is 20.2. The number of unbranched alkanes of at least 4 members (excludes halogenated alkanes) is 16. The molecule has 0 radical (unpaired) electrons. The fourth-order valence-corrected chi connectivity index (χ4v) is 6.24. The minimum Gasteiger partial charge on any atom is -0.464 e. The number of nitrogens with zero attached hydrogens (tertiary/aromatic N) is 1. The summed E-state index contributed by atoms with van der Waals surface area (Å²) in [6.07, 6.45) is 27.6. The molecule has 47 heavy (non-hydrogen) atoms. The van der Waals surface area contributed by atoms with Crippen molar-refractivity contribution in [2.75, 3.05) is 39.9 Å². The molecule has 2 unspecified atom stereocenters. The van der Waals surface area contributed by atoms with Gasteiger partial charge in [0.25, 0.3) is 0 Å². The van der Waals surface area contributed by atoms with Crippen LogP contribution in [-0.4, -0.2) is 62.6 Å². The quantitative estimate of drug-likeness (QED) is 0.0534. The number of amides is 1. The minimum atomic E-state index is -0.121. The molecule has 280 valence electrons. The second-order valence-corrected chi connectivity index (χ2v) is 13.8. The van der Waals surface area contributed by atoms with Gasteiger partial charge in [-0.25, -0.2) is 0 Å². The van der Waals surface area contributed by atoms with Crippen LogP contribution >= 0.6 is 0 Å². The molecule has 0 aromatic heterocycles. The largest absolute Gasteiger partial charge is 0.464 e. The Morgan fingerprint density at radius 3 is 1.19 bits per heavy atom. The van der Waals surface area contributed by atoms with Crippen LogP contribution in [0.3, 0.4) is 0 Å². The summed E-state index contributed by atoms with van der Waals surface area (Å²) >= 11 is 0. The molecule has 0 rings (SSSR count). The molecule has 0 aliphatic rings. The molecule has 1 N–H and O–H groups in total. The zero-order valence-electron chi connectivity index (χ0n) is 31.9. The zero-order chi connectivity index (χ0) is 34.8. The zero-order valence-corrected chi connectivity index (χ0v) is 31.9. The molecular weight excluding hydrogens is 588 g/mol. The molecule has 0 bridgehead atoms. The predicted octanol–water partition coefficient (Wildman–Crippen LogP) is 10.4. The summed E-state index contributed by atoms with van der Waals surface area (Å²) in [6.45, 7) is 10.4. The number of esters is 2. The molecule has 0 heterocycles. The maximum atomic E-state index is 13.2. The molecule has 0 fully saturated rings. The number of carbonyl (C=O) groups is 3. The van der Waals surface area contributed by atoms with Gasteiger partial charge in [0.15, 0.2) is 0 Å². The van der Waals surface area contributed by atoms with Gasteiger partial charge in [-0.05, 0) is 32.7 Å². The van der Waals surface area contributed by atoms with Crippen LogP contribution in [-0.2, 0) is 23.9 Å². The summed E-state index contributed by atoms with van der Waals surface area (Å²) in [7, 11) is 1.83. The van der Waals surface area contributed by atoms with Crippen molar-refractivity contribution in [2.45, 2.75) is 188 Å². The maximum Gasteiger partial charge on any atom is 0.308 e. The number of hydrogen-bond acceptors (Lipinski definition) is 6. The third-order valence-corrected chi connectivity index (χ3v) is 9.44. The first-order valence-corrected chi connectivity index (χ1v) is 20.2. The second kappa shape index (κ2) is 34.2. The smallest absolute Gasteiger partial charge is 0.308 e. The summed E-state index contributed by atoms with van der Waals surface area (Å²) in [5.74, 6) is -0.381. The Morgan fingerprint density at radius 1 is 0.532 bits per heavy atom. The van der Waals surface area contributed by atoms with Crippen LogP contribution in [0.4, 0.5) is 0 Å². The van der Waals surface area contributed by atoms with Gasteiger partial charge < -0.3 is 19.7 Å². The predicted molar refractivity (Wildman–Crippen MR) is 200 cm³/mol. The average molecular weight is 669 g/mol. The summed E-state index contributed by atoms with van der Waals surface area (Å²) < 4.78 is 11.6. The number of carbonyl (C=O) groups excluding carboxylic acids is 3. The van der Waals surface area contributed by atoms with Crippen molar-refractivity contribution in [3.05, 3.63) is 0 Å². The SMILES string of the molecule is CCCCCCCCC(CCCCCC)C(=O)OCCN(CCOC(=O)C(CCCCCC)CCCCCCCC)C(=O)CCNC.[HH]. The third kappa shape index (κ3) is 26.9. The van der Waals surface area contributed by atoms with Crippen molar-refractivity contribution >= 4 is 17.8 Å². The van der Waals surface area contributed by atoms with E-state index in [1.807, 2.05) is 7.05 Å². The third-order valence-electron chi connectivity index (χ3n) is 9.44. The summed E-state index contributed by atoms with van der Waals surface area (Å²) in [5.41, 5.74) is 0. The highest BCUT2D eigenvalue weighted by Gasteiger charge is 2.22. The molecule has 7 nitrogen and oxygen atoms in total. The van der Waals surface area contributed by atoms with E-state index >= 15 is 0 Å². The summed E-state index contributed by atoms with van der Waals surface area (Å²) in [5, 5.41) is 3.04. The molecule has 0 saturated heterocycles. The Labute approximate surface area is 292 Å². The van der Waals surface area contributed by atoms with Crippen molar-refractivity contribution in [3.8, 4) is 0 Å². The Morgan fingerprint density at radius 2 is 0.851 bits per heavy atom. The van der Waals surface area contributed by atoms with Crippen LogP contribution in [0.15, 0.2) is 0 Å². The number of hydrogen-bond donors (Lipinski definition) is 1. The molecular formula is C40H80N2O5. The lowest BCUT2D eigenvalue weighted by Crippen LogP contribution is -2.39. The Hall–Kier alpha value is -1.63. The maximum absolute atomic E-state index is 13.2. The van der Waals surface area contributed by atoms with E-state index in [9.17, 15) is 14.4 Å². The van der Waals surface area contributed by atoms with E-state index in [2.05, 4.69) is 33.0 Å². The van der Waals surface area contributed by atoms with E-state index in [0.717, 1.165) is 64.2 Å². The van der Waals surface area contributed by atoms with Crippen LogP contribution in [0.2, 0.25) is 0 Å². The highest BCUT2D eigenvalue weighted by atomic mass is 16.5. The van der Waals surface area contributed by atoms with E-state index in [4.69, 9.17) is 9.47 Å². The molecule has 2 atom stereocenters. The Bertz CT molecular complexity index is 688. The lowest BCUT2D eigenvalue weighted by molar-refractivity contribution is -0.152. The number of rotatable bonds is 35. The van der Waals surface area contributed by atoms with Crippen LogP contribution in [0.1, 0.15) is 190 Å². The van der Waals surface area contributed by atoms with E-state index in [1.165, 1.54) is 89.9 Å². The van der Waals surface area contributed by atoms with Crippen LogP contribution in [0, 0.1) is 11.8 Å². The fraction of sp³-hybridized carbons (Fsp3) is 0.925. The molecule has 0 aromatic rings. The molecule has 0 aliphatic heterocycles. The van der Waals surface area contributed by atoms with Crippen molar-refractivity contribution in [1.82, 2.24) is 10.2 Å². The Balaban J connectivity index is 0. The van der Waals surface area contributed by atoms with E-state index < -0.39 is 0 Å². The van der Waals surface area contributed by atoms with E-state index in [-0.39, 0.29) is 44.3 Å². The van der Waals surface area contributed by atoms with Gasteiger partial charge >= 0.3 is 11.9 Å². The fourth-order valence-electron chi connectivity index (χ4n) is 6.24. The van der Waals surface area contributed by atoms with Gasteiger partial charge in [-0.2, -0.15) is 0 Å². The van der Waals surface area contributed by atoms with E-state index in [0.29, 0.717) is 26.1 Å². The average Bonchev–Trinajstić information content (AvgIpc) is 3.07. The molecule has 0 aromatic carbocycles. The topological polar surface area (TPSA) is 84.9 Å². The van der Waals surface area contributed by atoms with Gasteiger partial charge in [-0.15, -0.1) is 0 Å². The molecule has 0 aliphatic carbocycles. The highest BCUT2D eigenvalue weighted by Crippen LogP contribution is 2.22. The van der Waals surface area contributed by atoms with Crippen molar-refractivity contribution in [2.24, 2.45) is 11.8 Å². The number of ether oxygens (including phenoxy) is 2. The summed E-state index contributed by atoms with van der Waals surface area (Å²) in [4.78, 5) is 41.0. The van der Waals surface area contributed by atoms with Crippen molar-refractivity contribution < 1.29 is 25.3 Å². The lowest BCUT2D eigenvalue weighted by atomic mass is 9.94. The molecule has 0 spiro atoms. The first-order chi connectivity index (χ1) is 22.9. The molecule has 0 saturated carbocycles. The van der Waals surface area contributed by atoms with Gasteiger partial charge in [-0.1, -0.05) is 156 Å². The van der Waals surface area contributed by atoms with Crippen molar-refractivity contribution in [1.29, 1.82) is 0 Å². The number of nitrogens with one attached hydrogen (secondary N) is 1. The first kappa shape index (κ1) is 45.4. The van der Waals surface area contributed by atoms with Crippen LogP contribution < -0.4 is 5.32 Å². The van der Waals surface area contributed by atoms with Crippen LogP contribution in [0.5, 0.6) is 0 Å². The summed E-state index contributed by atoms with van der Waals surface area (Å²) in [6, 6.07) is 0. The Kier molecular flexibility index (Phi) is 33.1. The normalized spacial score (nSPS) is 12.5. The van der Waals surface area contributed by atoms with Crippen molar-refractivity contribution in [3.63, 3.8) is 0 Å². The van der Waals surface area contributed by atoms with Gasteiger partial charge in [0.1, 0.15) is 13.2 Å².